The Kier molecular flexibility index (Phi) is 4.92. The molecule has 0 spiro atoms. The third kappa shape index (κ3) is 3.90. The molecule has 0 saturated carbocycles. The molecular weight excluding hydrogens is 292 g/mol. The largest absolute Gasteiger partial charge is 0.447 e. The summed E-state index contributed by atoms with van der Waals surface area (Å²) in [5.74, 6) is 0. The molecule has 1 aromatic heterocycles. The quantitative estimate of drug-likeness (QED) is 0.798. The lowest BCUT2D eigenvalue weighted by Gasteiger charge is -2.17. The summed E-state index contributed by atoms with van der Waals surface area (Å²) in [5, 5.41) is 3.52. The van der Waals surface area contributed by atoms with Gasteiger partial charge in [-0.2, -0.15) is 0 Å². The van der Waals surface area contributed by atoms with E-state index in [1.807, 2.05) is 24.7 Å². The summed E-state index contributed by atoms with van der Waals surface area (Å²) in [6.45, 7) is 5.15. The van der Waals surface area contributed by atoms with Gasteiger partial charge in [-0.05, 0) is 37.6 Å². The summed E-state index contributed by atoms with van der Waals surface area (Å²) < 4.78 is 7.04. The first-order chi connectivity index (χ1) is 11.2. The fourth-order valence-corrected chi connectivity index (χ4v) is 2.69. The van der Waals surface area contributed by atoms with E-state index >= 15 is 0 Å². The van der Waals surface area contributed by atoms with Crippen molar-refractivity contribution < 1.29 is 9.53 Å². The molecule has 23 heavy (non-hydrogen) atoms. The Bertz CT molecular complexity index is 625. The van der Waals surface area contributed by atoms with Gasteiger partial charge >= 0.3 is 6.09 Å². The molecule has 6 nitrogen and oxygen atoms in total. The molecule has 1 saturated heterocycles. The van der Waals surface area contributed by atoms with Gasteiger partial charge in [0.05, 0.1) is 12.9 Å². The van der Waals surface area contributed by atoms with E-state index in [1.54, 1.807) is 11.1 Å². The van der Waals surface area contributed by atoms with Gasteiger partial charge in [-0.1, -0.05) is 12.1 Å². The van der Waals surface area contributed by atoms with E-state index in [2.05, 4.69) is 33.9 Å². The van der Waals surface area contributed by atoms with Crippen LogP contribution in [-0.2, 0) is 11.3 Å². The number of rotatable bonds is 7. The van der Waals surface area contributed by atoms with Crippen LogP contribution in [0.4, 0.5) is 10.5 Å². The van der Waals surface area contributed by atoms with Crippen LogP contribution in [-0.4, -0.2) is 35.3 Å². The van der Waals surface area contributed by atoms with E-state index < -0.39 is 0 Å². The Labute approximate surface area is 136 Å². The van der Waals surface area contributed by atoms with E-state index in [9.17, 15) is 4.79 Å². The zero-order valence-corrected chi connectivity index (χ0v) is 13.3. The number of hydrogen-bond donors (Lipinski definition) is 1. The maximum Gasteiger partial charge on any atom is 0.414 e. The van der Waals surface area contributed by atoms with Gasteiger partial charge < -0.3 is 14.6 Å². The number of aryl methyl sites for hydroxylation is 1. The first-order valence-corrected chi connectivity index (χ1v) is 7.97. The van der Waals surface area contributed by atoms with Crippen molar-refractivity contribution >= 4 is 11.8 Å². The maximum atomic E-state index is 11.6. The number of carbonyl (C=O) groups excluding carboxylic acids is 1. The van der Waals surface area contributed by atoms with Gasteiger partial charge in [0.1, 0.15) is 6.61 Å². The summed E-state index contributed by atoms with van der Waals surface area (Å²) in [6, 6.07) is 8.36. The Hall–Kier alpha value is -2.34. The summed E-state index contributed by atoms with van der Waals surface area (Å²) in [6.07, 6.45) is 6.41. The van der Waals surface area contributed by atoms with E-state index in [4.69, 9.17) is 4.74 Å². The van der Waals surface area contributed by atoms with Crippen LogP contribution in [0.15, 0.2) is 43.0 Å². The molecule has 1 atom stereocenters. The average molecular weight is 314 g/mol. The predicted molar refractivity (Wildman–Crippen MR) is 88.4 cm³/mol. The second-order valence-corrected chi connectivity index (χ2v) is 5.69. The number of aromatic nitrogens is 2. The van der Waals surface area contributed by atoms with Crippen LogP contribution >= 0.6 is 0 Å². The van der Waals surface area contributed by atoms with Gasteiger partial charge in [0.15, 0.2) is 0 Å². The molecule has 1 fully saturated rings. The molecule has 1 aromatic carbocycles. The van der Waals surface area contributed by atoms with Crippen molar-refractivity contribution in [2.75, 3.05) is 24.6 Å². The normalized spacial score (nSPS) is 15.7. The van der Waals surface area contributed by atoms with E-state index in [0.717, 1.165) is 25.2 Å². The highest BCUT2D eigenvalue weighted by atomic mass is 16.6. The predicted octanol–water partition coefficient (Wildman–Crippen LogP) is 2.58. The SMILES string of the molecule is C[C@@H](NCCCn1ccnc1)c1ccc(N2CCOC2=O)cc1. The van der Waals surface area contributed by atoms with Crippen LogP contribution in [0.25, 0.3) is 0 Å². The first kappa shape index (κ1) is 15.6. The number of carbonyl (C=O) groups is 1. The van der Waals surface area contributed by atoms with Gasteiger partial charge in [0.2, 0.25) is 0 Å². The molecule has 0 bridgehead atoms. The molecule has 122 valence electrons. The van der Waals surface area contributed by atoms with Crippen LogP contribution in [0.1, 0.15) is 24.9 Å². The molecule has 2 aromatic rings. The molecule has 1 aliphatic rings. The number of anilines is 1. The molecule has 0 unspecified atom stereocenters. The summed E-state index contributed by atoms with van der Waals surface area (Å²) in [4.78, 5) is 17.2. The van der Waals surface area contributed by atoms with Gasteiger partial charge in [-0.3, -0.25) is 4.90 Å². The standard InChI is InChI=1S/C17H22N4O2/c1-14(19-7-2-9-20-10-8-18-13-20)15-3-5-16(6-4-15)21-11-12-23-17(21)22/h3-6,8,10,13-14,19H,2,7,9,11-12H2,1H3/t14-/m1/s1. The van der Waals surface area contributed by atoms with Crippen molar-refractivity contribution in [3.05, 3.63) is 48.5 Å². The highest BCUT2D eigenvalue weighted by Gasteiger charge is 2.23. The molecule has 0 radical (unpaired) electrons. The van der Waals surface area contributed by atoms with E-state index in [-0.39, 0.29) is 12.1 Å². The minimum Gasteiger partial charge on any atom is -0.447 e. The minimum absolute atomic E-state index is 0.261. The average Bonchev–Trinajstić information content (AvgIpc) is 3.23. The number of nitrogens with one attached hydrogen (secondary N) is 1. The Balaban J connectivity index is 1.47. The molecule has 3 rings (SSSR count). The lowest BCUT2D eigenvalue weighted by atomic mass is 10.1. The van der Waals surface area contributed by atoms with Crippen molar-refractivity contribution in [3.8, 4) is 0 Å². The Morgan fingerprint density at radius 3 is 2.83 bits per heavy atom. The Morgan fingerprint density at radius 2 is 2.17 bits per heavy atom. The molecule has 2 heterocycles. The second-order valence-electron chi connectivity index (χ2n) is 5.69. The highest BCUT2D eigenvalue weighted by molar-refractivity contribution is 5.89. The first-order valence-electron chi connectivity index (χ1n) is 7.97. The van der Waals surface area contributed by atoms with E-state index in [1.165, 1.54) is 5.56 Å². The third-order valence-corrected chi connectivity index (χ3v) is 4.07. The highest BCUT2D eigenvalue weighted by Crippen LogP contribution is 2.21. The lowest BCUT2D eigenvalue weighted by Crippen LogP contribution is -2.23. The van der Waals surface area contributed by atoms with Crippen LogP contribution in [0.3, 0.4) is 0 Å². The minimum atomic E-state index is -0.261. The topological polar surface area (TPSA) is 59.4 Å². The summed E-state index contributed by atoms with van der Waals surface area (Å²) in [5.41, 5.74) is 2.10. The number of imidazole rings is 1. The van der Waals surface area contributed by atoms with Crippen LogP contribution < -0.4 is 10.2 Å². The summed E-state index contributed by atoms with van der Waals surface area (Å²) in [7, 11) is 0. The monoisotopic (exact) mass is 314 g/mol. The lowest BCUT2D eigenvalue weighted by molar-refractivity contribution is 0.181. The van der Waals surface area contributed by atoms with E-state index in [0.29, 0.717) is 13.2 Å². The van der Waals surface area contributed by atoms with Gasteiger partial charge in [-0.25, -0.2) is 9.78 Å². The van der Waals surface area contributed by atoms with Gasteiger partial charge in [0, 0.05) is 30.7 Å². The van der Waals surface area contributed by atoms with Crippen LogP contribution in [0, 0.1) is 0 Å². The number of hydrogen-bond acceptors (Lipinski definition) is 4. The number of nitrogens with zero attached hydrogens (tertiary/aromatic N) is 3. The smallest absolute Gasteiger partial charge is 0.414 e. The molecule has 1 N–H and O–H groups in total. The summed E-state index contributed by atoms with van der Waals surface area (Å²) >= 11 is 0. The number of amides is 1. The van der Waals surface area contributed by atoms with Gasteiger partial charge in [0.25, 0.3) is 0 Å². The maximum absolute atomic E-state index is 11.6. The number of ether oxygens (including phenoxy) is 1. The van der Waals surface area contributed by atoms with Crippen molar-refractivity contribution in [2.24, 2.45) is 0 Å². The fraction of sp³-hybridized carbons (Fsp3) is 0.412. The molecular formula is C17H22N4O2. The number of cyclic esters (lactones) is 1. The third-order valence-electron chi connectivity index (χ3n) is 4.07. The van der Waals surface area contributed by atoms with Crippen LogP contribution in [0.5, 0.6) is 0 Å². The molecule has 6 heteroatoms. The molecule has 1 amide bonds. The van der Waals surface area contributed by atoms with Crippen molar-refractivity contribution in [2.45, 2.75) is 25.9 Å². The zero-order valence-electron chi connectivity index (χ0n) is 13.3. The van der Waals surface area contributed by atoms with Crippen molar-refractivity contribution in [1.82, 2.24) is 14.9 Å². The number of benzene rings is 1. The zero-order chi connectivity index (χ0) is 16.1. The second kappa shape index (κ2) is 7.28. The fourth-order valence-electron chi connectivity index (χ4n) is 2.69. The van der Waals surface area contributed by atoms with Crippen molar-refractivity contribution in [1.29, 1.82) is 0 Å². The van der Waals surface area contributed by atoms with Gasteiger partial charge in [-0.15, -0.1) is 0 Å². The molecule has 0 aliphatic carbocycles. The Morgan fingerprint density at radius 1 is 1.35 bits per heavy atom. The molecule has 1 aliphatic heterocycles. The van der Waals surface area contributed by atoms with Crippen LogP contribution in [0.2, 0.25) is 0 Å². The van der Waals surface area contributed by atoms with Crippen molar-refractivity contribution in [3.63, 3.8) is 0 Å².